The van der Waals surface area contributed by atoms with Crippen molar-refractivity contribution in [3.05, 3.63) is 64.2 Å². The fourth-order valence-corrected chi connectivity index (χ4v) is 5.04. The number of benzene rings is 2. The van der Waals surface area contributed by atoms with E-state index < -0.39 is 5.97 Å². The van der Waals surface area contributed by atoms with Gasteiger partial charge in [-0.15, -0.1) is 0 Å². The second-order valence-electron chi connectivity index (χ2n) is 7.96. The Bertz CT molecular complexity index is 857. The summed E-state index contributed by atoms with van der Waals surface area (Å²) in [6.07, 6.45) is 3.68. The van der Waals surface area contributed by atoms with Gasteiger partial charge in [0.15, 0.2) is 0 Å². The van der Waals surface area contributed by atoms with Crippen molar-refractivity contribution in [2.45, 2.75) is 51.5 Å². The zero-order valence-corrected chi connectivity index (χ0v) is 15.1. The van der Waals surface area contributed by atoms with E-state index in [9.17, 15) is 9.90 Å². The third kappa shape index (κ3) is 2.45. The van der Waals surface area contributed by atoms with Crippen molar-refractivity contribution in [3.8, 4) is 0 Å². The summed E-state index contributed by atoms with van der Waals surface area (Å²) < 4.78 is 0. The Morgan fingerprint density at radius 1 is 1.20 bits per heavy atom. The molecule has 0 radical (unpaired) electrons. The van der Waals surface area contributed by atoms with Gasteiger partial charge in [0.2, 0.25) is 0 Å². The number of anilines is 1. The minimum Gasteiger partial charge on any atom is -0.478 e. The van der Waals surface area contributed by atoms with E-state index in [-0.39, 0.29) is 11.5 Å². The molecule has 0 amide bonds. The van der Waals surface area contributed by atoms with Gasteiger partial charge in [0.05, 0.1) is 11.6 Å². The number of rotatable bonds is 2. The summed E-state index contributed by atoms with van der Waals surface area (Å²) in [6, 6.07) is 12.5. The highest BCUT2D eigenvalue weighted by Crippen LogP contribution is 2.56. The topological polar surface area (TPSA) is 49.3 Å². The maximum Gasteiger partial charge on any atom is 0.335 e. The first kappa shape index (κ1) is 16.2. The first-order valence-corrected chi connectivity index (χ1v) is 9.11. The van der Waals surface area contributed by atoms with Crippen molar-refractivity contribution < 1.29 is 9.90 Å². The van der Waals surface area contributed by atoms with Crippen LogP contribution in [-0.4, -0.2) is 11.1 Å². The van der Waals surface area contributed by atoms with Crippen molar-refractivity contribution in [2.75, 3.05) is 5.32 Å². The minimum atomic E-state index is -0.863. The molecule has 3 heteroatoms. The molecule has 2 aromatic carbocycles. The number of carboxylic acid groups (broad SMARTS) is 1. The monoisotopic (exact) mass is 335 g/mol. The van der Waals surface area contributed by atoms with E-state index in [1.165, 1.54) is 41.6 Å². The van der Waals surface area contributed by atoms with Crippen molar-refractivity contribution in [3.63, 3.8) is 0 Å². The van der Waals surface area contributed by atoms with Crippen LogP contribution in [-0.2, 0) is 5.41 Å². The third-order valence-electron chi connectivity index (χ3n) is 6.39. The van der Waals surface area contributed by atoms with Gasteiger partial charge in [-0.3, -0.25) is 0 Å². The van der Waals surface area contributed by atoms with Gasteiger partial charge in [-0.2, -0.15) is 0 Å². The summed E-state index contributed by atoms with van der Waals surface area (Å²) in [5.74, 6) is -0.325. The Hall–Kier alpha value is -2.29. The Balaban J connectivity index is 1.82. The molecule has 0 unspecified atom stereocenters. The highest BCUT2D eigenvalue weighted by atomic mass is 16.4. The number of carboxylic acids is 1. The summed E-state index contributed by atoms with van der Waals surface area (Å²) in [4.78, 5) is 11.3. The Labute approximate surface area is 149 Å². The maximum absolute atomic E-state index is 11.3. The van der Waals surface area contributed by atoms with E-state index in [1.54, 1.807) is 12.1 Å². The van der Waals surface area contributed by atoms with E-state index in [1.807, 2.05) is 13.0 Å². The third-order valence-corrected chi connectivity index (χ3v) is 6.39. The lowest BCUT2D eigenvalue weighted by atomic mass is 9.66. The van der Waals surface area contributed by atoms with E-state index in [2.05, 4.69) is 37.4 Å². The highest BCUT2D eigenvalue weighted by Gasteiger charge is 2.48. The molecule has 0 aromatic heterocycles. The molecule has 130 valence electrons. The SMILES string of the molecule is Cc1ccc2c(c1)[C@]1(C)CCC[C@@H]1[C@@H](c1ccc(C(=O)O)cc1C)N2. The summed E-state index contributed by atoms with van der Waals surface area (Å²) in [7, 11) is 0. The lowest BCUT2D eigenvalue weighted by Crippen LogP contribution is -2.40. The van der Waals surface area contributed by atoms with Crippen LogP contribution in [0.1, 0.15) is 64.8 Å². The number of hydrogen-bond donors (Lipinski definition) is 2. The molecule has 4 rings (SSSR count). The van der Waals surface area contributed by atoms with Crippen molar-refractivity contribution in [1.82, 2.24) is 0 Å². The zero-order chi connectivity index (χ0) is 17.8. The van der Waals surface area contributed by atoms with Crippen LogP contribution in [0.5, 0.6) is 0 Å². The second kappa shape index (κ2) is 5.62. The lowest BCUT2D eigenvalue weighted by Gasteiger charge is -2.45. The fraction of sp³-hybridized carbons (Fsp3) is 0.409. The normalized spacial score (nSPS) is 27.3. The van der Waals surface area contributed by atoms with Crippen molar-refractivity contribution >= 4 is 11.7 Å². The van der Waals surface area contributed by atoms with E-state index >= 15 is 0 Å². The van der Waals surface area contributed by atoms with Gasteiger partial charge >= 0.3 is 5.97 Å². The number of nitrogens with one attached hydrogen (secondary N) is 1. The number of aryl methyl sites for hydroxylation is 2. The van der Waals surface area contributed by atoms with Crippen LogP contribution >= 0.6 is 0 Å². The molecule has 0 saturated heterocycles. The quantitative estimate of drug-likeness (QED) is 0.790. The summed E-state index contributed by atoms with van der Waals surface area (Å²) in [6.45, 7) is 6.60. The first-order valence-electron chi connectivity index (χ1n) is 9.11. The summed E-state index contributed by atoms with van der Waals surface area (Å²) in [5.41, 5.74) is 6.84. The minimum absolute atomic E-state index is 0.190. The molecule has 2 aliphatic rings. The predicted octanol–water partition coefficient (Wildman–Crippen LogP) is 5.23. The van der Waals surface area contributed by atoms with Crippen molar-refractivity contribution in [2.24, 2.45) is 5.92 Å². The fourth-order valence-electron chi connectivity index (χ4n) is 5.04. The predicted molar refractivity (Wildman–Crippen MR) is 100 cm³/mol. The zero-order valence-electron chi connectivity index (χ0n) is 15.1. The molecule has 0 spiro atoms. The number of aromatic carboxylic acids is 1. The standard InChI is InChI=1S/C22H25NO2/c1-13-6-9-19-18(11-13)22(3)10-4-5-17(22)20(23-19)16-8-7-15(21(24)25)12-14(16)2/h6-9,11-12,17,20,23H,4-5,10H2,1-3H3,(H,24,25)/t17-,20-,22-/m1/s1. The van der Waals surface area contributed by atoms with E-state index in [0.717, 1.165) is 5.56 Å². The highest BCUT2D eigenvalue weighted by molar-refractivity contribution is 5.88. The van der Waals surface area contributed by atoms with Crippen molar-refractivity contribution in [1.29, 1.82) is 0 Å². The number of hydrogen-bond acceptors (Lipinski definition) is 2. The van der Waals surface area contributed by atoms with E-state index in [0.29, 0.717) is 11.5 Å². The average Bonchev–Trinajstić information content (AvgIpc) is 2.97. The smallest absolute Gasteiger partial charge is 0.335 e. The van der Waals surface area contributed by atoms with Gasteiger partial charge in [-0.1, -0.05) is 37.1 Å². The lowest BCUT2D eigenvalue weighted by molar-refractivity contribution is 0.0696. The summed E-state index contributed by atoms with van der Waals surface area (Å²) in [5, 5.41) is 13.0. The molecule has 3 atom stereocenters. The molecular formula is C22H25NO2. The number of fused-ring (bicyclic) bond motifs is 3. The van der Waals surface area contributed by atoms with Gasteiger partial charge in [-0.25, -0.2) is 4.79 Å². The Kier molecular flexibility index (Phi) is 3.64. The van der Waals surface area contributed by atoms with Crippen LogP contribution in [0.4, 0.5) is 5.69 Å². The molecule has 1 aliphatic heterocycles. The molecule has 2 N–H and O–H groups in total. The van der Waals surface area contributed by atoms with Gasteiger partial charge < -0.3 is 10.4 Å². The second-order valence-corrected chi connectivity index (χ2v) is 7.96. The van der Waals surface area contributed by atoms with E-state index in [4.69, 9.17) is 0 Å². The Morgan fingerprint density at radius 3 is 2.72 bits per heavy atom. The molecule has 2 aromatic rings. The molecule has 1 heterocycles. The Morgan fingerprint density at radius 2 is 2.00 bits per heavy atom. The molecule has 1 saturated carbocycles. The molecule has 3 nitrogen and oxygen atoms in total. The number of carbonyl (C=O) groups is 1. The first-order chi connectivity index (χ1) is 11.9. The van der Waals surface area contributed by atoms with Gasteiger partial charge in [0.25, 0.3) is 0 Å². The van der Waals surface area contributed by atoms with Crippen LogP contribution < -0.4 is 5.32 Å². The molecule has 1 fully saturated rings. The summed E-state index contributed by atoms with van der Waals surface area (Å²) >= 11 is 0. The molecule has 0 bridgehead atoms. The van der Waals surface area contributed by atoms with Crippen LogP contribution in [0.15, 0.2) is 36.4 Å². The van der Waals surface area contributed by atoms with Gasteiger partial charge in [-0.05, 0) is 72.9 Å². The van der Waals surface area contributed by atoms with Crippen LogP contribution in [0, 0.1) is 19.8 Å². The van der Waals surface area contributed by atoms with Crippen LogP contribution in [0.2, 0.25) is 0 Å². The largest absolute Gasteiger partial charge is 0.478 e. The van der Waals surface area contributed by atoms with Crippen LogP contribution in [0.25, 0.3) is 0 Å². The average molecular weight is 335 g/mol. The molecule has 25 heavy (non-hydrogen) atoms. The van der Waals surface area contributed by atoms with Crippen LogP contribution in [0.3, 0.4) is 0 Å². The van der Waals surface area contributed by atoms with Gasteiger partial charge in [0, 0.05) is 5.69 Å². The molecular weight excluding hydrogens is 310 g/mol. The van der Waals surface area contributed by atoms with Gasteiger partial charge in [0.1, 0.15) is 0 Å². The maximum atomic E-state index is 11.3. The molecule has 1 aliphatic carbocycles.